The molecular weight excluding hydrogens is 194 g/mol. The summed E-state index contributed by atoms with van der Waals surface area (Å²) in [7, 11) is 2.07. The van der Waals surface area contributed by atoms with Crippen molar-refractivity contribution in [3.63, 3.8) is 0 Å². The Bertz CT molecular complexity index is 274. The fourth-order valence-electron chi connectivity index (χ4n) is 1.11. The van der Waals surface area contributed by atoms with Gasteiger partial charge >= 0.3 is 0 Å². The van der Waals surface area contributed by atoms with Gasteiger partial charge in [-0.2, -0.15) is 0 Å². The van der Waals surface area contributed by atoms with E-state index in [2.05, 4.69) is 30.8 Å². The van der Waals surface area contributed by atoms with Gasteiger partial charge in [0.1, 0.15) is 0 Å². The van der Waals surface area contributed by atoms with E-state index in [9.17, 15) is 0 Å². The second kappa shape index (κ2) is 4.75. The van der Waals surface area contributed by atoms with Crippen molar-refractivity contribution in [1.29, 1.82) is 0 Å². The molecule has 1 heterocycles. The van der Waals surface area contributed by atoms with Crippen molar-refractivity contribution in [2.75, 3.05) is 18.5 Å². The first kappa shape index (κ1) is 11.5. The molecule has 4 heteroatoms. The lowest BCUT2D eigenvalue weighted by Crippen LogP contribution is -2.25. The van der Waals surface area contributed by atoms with Crippen molar-refractivity contribution in [1.82, 2.24) is 4.98 Å². The molecule has 0 aliphatic rings. The predicted molar refractivity (Wildman–Crippen MR) is 63.1 cm³/mol. The van der Waals surface area contributed by atoms with Gasteiger partial charge in [0.15, 0.2) is 5.13 Å². The largest absolute Gasteiger partial charge is 0.351 e. The van der Waals surface area contributed by atoms with Crippen molar-refractivity contribution < 1.29 is 0 Å². The van der Waals surface area contributed by atoms with E-state index in [0.717, 1.165) is 23.8 Å². The van der Waals surface area contributed by atoms with Crippen LogP contribution in [0.3, 0.4) is 0 Å². The monoisotopic (exact) mass is 213 g/mol. The molecule has 0 bridgehead atoms. The molecular formula is C10H19N3S. The van der Waals surface area contributed by atoms with Crippen molar-refractivity contribution in [2.24, 2.45) is 5.73 Å². The van der Waals surface area contributed by atoms with Gasteiger partial charge in [-0.15, -0.1) is 11.3 Å². The van der Waals surface area contributed by atoms with E-state index in [1.807, 2.05) is 6.92 Å². The quantitative estimate of drug-likeness (QED) is 0.831. The molecule has 0 aromatic carbocycles. The summed E-state index contributed by atoms with van der Waals surface area (Å²) in [6, 6.07) is 0.264. The summed E-state index contributed by atoms with van der Waals surface area (Å²) >= 11 is 1.75. The molecule has 1 aromatic heterocycles. The molecule has 1 aromatic rings. The van der Waals surface area contributed by atoms with Crippen LogP contribution in [0, 0.1) is 13.8 Å². The Morgan fingerprint density at radius 1 is 1.50 bits per heavy atom. The maximum atomic E-state index is 5.71. The number of hydrogen-bond donors (Lipinski definition) is 1. The molecule has 1 unspecified atom stereocenters. The molecule has 0 saturated heterocycles. The Kier molecular flexibility index (Phi) is 3.89. The summed E-state index contributed by atoms with van der Waals surface area (Å²) in [4.78, 5) is 7.97. The van der Waals surface area contributed by atoms with Crippen LogP contribution in [0.15, 0.2) is 0 Å². The minimum Gasteiger partial charge on any atom is -0.351 e. The second-order valence-electron chi connectivity index (χ2n) is 3.83. The Labute approximate surface area is 89.9 Å². The van der Waals surface area contributed by atoms with Crippen LogP contribution >= 0.6 is 11.3 Å². The minimum atomic E-state index is 0.264. The van der Waals surface area contributed by atoms with Crippen LogP contribution in [0.1, 0.15) is 23.9 Å². The fourth-order valence-corrected chi connectivity index (χ4v) is 2.01. The summed E-state index contributed by atoms with van der Waals surface area (Å²) in [6.07, 6.45) is 1.01. The Balaban J connectivity index is 2.56. The van der Waals surface area contributed by atoms with E-state index in [1.165, 1.54) is 4.88 Å². The fraction of sp³-hybridized carbons (Fsp3) is 0.700. The number of hydrogen-bond acceptors (Lipinski definition) is 4. The van der Waals surface area contributed by atoms with E-state index in [4.69, 9.17) is 5.73 Å². The van der Waals surface area contributed by atoms with Crippen LogP contribution in [-0.4, -0.2) is 24.6 Å². The number of rotatable bonds is 4. The second-order valence-corrected chi connectivity index (χ2v) is 5.01. The van der Waals surface area contributed by atoms with Gasteiger partial charge in [0.05, 0.1) is 5.69 Å². The highest BCUT2D eigenvalue weighted by Crippen LogP contribution is 2.24. The van der Waals surface area contributed by atoms with Crippen LogP contribution in [-0.2, 0) is 0 Å². The number of nitrogens with zero attached hydrogens (tertiary/aromatic N) is 2. The molecule has 80 valence electrons. The zero-order chi connectivity index (χ0) is 10.7. The van der Waals surface area contributed by atoms with Crippen molar-refractivity contribution in [3.8, 4) is 0 Å². The van der Waals surface area contributed by atoms with Crippen LogP contribution in [0.5, 0.6) is 0 Å². The van der Waals surface area contributed by atoms with Gasteiger partial charge in [-0.1, -0.05) is 0 Å². The topological polar surface area (TPSA) is 42.2 Å². The van der Waals surface area contributed by atoms with E-state index < -0.39 is 0 Å². The SMILES string of the molecule is Cc1nc(N(C)CCC(C)N)sc1C. The molecule has 0 aliphatic heterocycles. The Hall–Kier alpha value is -0.610. The molecule has 14 heavy (non-hydrogen) atoms. The first-order valence-electron chi connectivity index (χ1n) is 4.91. The Morgan fingerprint density at radius 3 is 2.57 bits per heavy atom. The van der Waals surface area contributed by atoms with Crippen molar-refractivity contribution >= 4 is 16.5 Å². The number of aryl methyl sites for hydroxylation is 2. The highest BCUT2D eigenvalue weighted by Gasteiger charge is 2.08. The van der Waals surface area contributed by atoms with E-state index >= 15 is 0 Å². The van der Waals surface area contributed by atoms with Crippen LogP contribution in [0.2, 0.25) is 0 Å². The molecule has 3 nitrogen and oxygen atoms in total. The van der Waals surface area contributed by atoms with Crippen molar-refractivity contribution in [3.05, 3.63) is 10.6 Å². The highest BCUT2D eigenvalue weighted by atomic mass is 32.1. The number of nitrogens with two attached hydrogens (primary N) is 1. The van der Waals surface area contributed by atoms with Gasteiger partial charge in [0.2, 0.25) is 0 Å². The highest BCUT2D eigenvalue weighted by molar-refractivity contribution is 7.15. The Morgan fingerprint density at radius 2 is 2.14 bits per heavy atom. The zero-order valence-corrected chi connectivity index (χ0v) is 10.2. The number of anilines is 1. The number of thiazole rings is 1. The molecule has 0 spiro atoms. The molecule has 0 fully saturated rings. The maximum Gasteiger partial charge on any atom is 0.185 e. The summed E-state index contributed by atoms with van der Waals surface area (Å²) in [5.74, 6) is 0. The van der Waals surface area contributed by atoms with E-state index in [1.54, 1.807) is 11.3 Å². The average molecular weight is 213 g/mol. The molecule has 0 saturated carbocycles. The van der Waals surface area contributed by atoms with Crippen LogP contribution in [0.25, 0.3) is 0 Å². The molecule has 1 atom stereocenters. The molecule has 0 aliphatic carbocycles. The first-order valence-corrected chi connectivity index (χ1v) is 5.73. The standard InChI is InChI=1S/C10H19N3S/c1-7(11)5-6-13(4)10-12-8(2)9(3)14-10/h7H,5-6,11H2,1-4H3. The third-order valence-corrected chi connectivity index (χ3v) is 3.45. The van der Waals surface area contributed by atoms with Gasteiger partial charge in [0, 0.05) is 24.5 Å². The normalized spacial score (nSPS) is 12.9. The van der Waals surface area contributed by atoms with E-state index in [-0.39, 0.29) is 6.04 Å². The molecule has 1 rings (SSSR count). The summed E-state index contributed by atoms with van der Waals surface area (Å²) in [5.41, 5.74) is 6.85. The zero-order valence-electron chi connectivity index (χ0n) is 9.37. The van der Waals surface area contributed by atoms with Gasteiger partial charge < -0.3 is 10.6 Å². The average Bonchev–Trinajstić information content (AvgIpc) is 2.43. The first-order chi connectivity index (χ1) is 6.50. The van der Waals surface area contributed by atoms with Gasteiger partial charge in [-0.3, -0.25) is 0 Å². The third kappa shape index (κ3) is 2.96. The summed E-state index contributed by atoms with van der Waals surface area (Å²) in [6.45, 7) is 7.17. The third-order valence-electron chi connectivity index (χ3n) is 2.26. The number of aromatic nitrogens is 1. The lowest BCUT2D eigenvalue weighted by atomic mass is 10.2. The van der Waals surface area contributed by atoms with E-state index in [0.29, 0.717) is 0 Å². The lowest BCUT2D eigenvalue weighted by Gasteiger charge is -2.16. The van der Waals surface area contributed by atoms with Crippen molar-refractivity contribution in [2.45, 2.75) is 33.2 Å². The van der Waals surface area contributed by atoms with Gasteiger partial charge in [0.25, 0.3) is 0 Å². The summed E-state index contributed by atoms with van der Waals surface area (Å²) in [5, 5.41) is 1.10. The summed E-state index contributed by atoms with van der Waals surface area (Å²) < 4.78 is 0. The van der Waals surface area contributed by atoms with Crippen LogP contribution < -0.4 is 10.6 Å². The lowest BCUT2D eigenvalue weighted by molar-refractivity contribution is 0.658. The molecule has 0 radical (unpaired) electrons. The smallest absolute Gasteiger partial charge is 0.185 e. The van der Waals surface area contributed by atoms with Gasteiger partial charge in [-0.25, -0.2) is 4.98 Å². The predicted octanol–water partition coefficient (Wildman–Crippen LogP) is 1.93. The van der Waals surface area contributed by atoms with Crippen LogP contribution in [0.4, 0.5) is 5.13 Å². The molecule has 2 N–H and O–H groups in total. The minimum absolute atomic E-state index is 0.264. The maximum absolute atomic E-state index is 5.71. The van der Waals surface area contributed by atoms with Gasteiger partial charge in [-0.05, 0) is 27.2 Å². The molecule has 0 amide bonds.